The zero-order chi connectivity index (χ0) is 8.60. The Hall–Kier alpha value is 1.25. The molecule has 1 aromatic heterocycles. The highest BCUT2D eigenvalue weighted by Gasteiger charge is 2.36. The van der Waals surface area contributed by atoms with Crippen LogP contribution in [-0.4, -0.2) is 1.43 Å². The van der Waals surface area contributed by atoms with Crippen LogP contribution >= 0.6 is 68.3 Å². The molecule has 1 unspecified atom stereocenters. The van der Waals surface area contributed by atoms with Crippen LogP contribution < -0.4 is 0 Å². The summed E-state index contributed by atoms with van der Waals surface area (Å²) in [6.45, 7) is 0. The smallest absolute Gasteiger partial charge is 0.109 e. The molecule has 0 spiro atoms. The number of thiophene rings is 1. The fourth-order valence-electron chi connectivity index (χ4n) is 1.08. The topological polar surface area (TPSA) is 0 Å². The lowest BCUT2D eigenvalue weighted by atomic mass is 10.2. The minimum atomic E-state index is 0.269. The highest BCUT2D eigenvalue weighted by Crippen LogP contribution is 2.55. The molecule has 0 bridgehead atoms. The van der Waals surface area contributed by atoms with E-state index in [1.165, 1.54) is 4.88 Å². The minimum absolute atomic E-state index is 0.269. The van der Waals surface area contributed by atoms with Crippen LogP contribution in [0.4, 0.5) is 0 Å². The molecule has 1 aliphatic heterocycles. The van der Waals surface area contributed by atoms with Crippen molar-refractivity contribution in [2.75, 3.05) is 0 Å². The van der Waals surface area contributed by atoms with Crippen molar-refractivity contribution in [3.63, 3.8) is 0 Å². The minimum Gasteiger partial charge on any atom is -0.148 e. The molecule has 2 heterocycles. The first-order valence-corrected chi connectivity index (χ1v) is 7.42. The van der Waals surface area contributed by atoms with E-state index in [1.54, 1.807) is 0 Å². The number of hydrogen-bond acceptors (Lipinski definition) is 2. The van der Waals surface area contributed by atoms with Crippen molar-refractivity contribution in [3.8, 4) is 0 Å². The van der Waals surface area contributed by atoms with Crippen molar-refractivity contribution in [1.29, 1.82) is 0 Å². The van der Waals surface area contributed by atoms with Gasteiger partial charge >= 0.3 is 0 Å². The molecule has 0 saturated heterocycles. The van der Waals surface area contributed by atoms with Crippen LogP contribution in [-0.2, 0) is 0 Å². The Labute approximate surface area is 107 Å². The second kappa shape index (κ2) is 3.78. The SMILES string of the molecule is IC1(I)C=CSC1c1cccs1. The first kappa shape index (κ1) is 9.79. The highest BCUT2D eigenvalue weighted by atomic mass is 127. The summed E-state index contributed by atoms with van der Waals surface area (Å²) in [5, 5.41) is 4.97. The van der Waals surface area contributed by atoms with Crippen LogP contribution in [0.2, 0.25) is 0 Å². The van der Waals surface area contributed by atoms with E-state index in [4.69, 9.17) is 0 Å². The maximum atomic E-state index is 2.51. The fraction of sp³-hybridized carbons (Fsp3) is 0.250. The van der Waals surface area contributed by atoms with Gasteiger partial charge in [-0.25, -0.2) is 0 Å². The van der Waals surface area contributed by atoms with Crippen LogP contribution in [0.3, 0.4) is 0 Å². The average Bonchev–Trinajstić information content (AvgIpc) is 2.55. The van der Waals surface area contributed by atoms with Crippen LogP contribution in [0.15, 0.2) is 29.0 Å². The van der Waals surface area contributed by atoms with Crippen LogP contribution in [0.1, 0.15) is 10.1 Å². The van der Waals surface area contributed by atoms with Crippen molar-refractivity contribution < 1.29 is 0 Å². The van der Waals surface area contributed by atoms with Gasteiger partial charge in [0.1, 0.15) is 1.43 Å². The zero-order valence-electron chi connectivity index (χ0n) is 6.04. The Bertz CT molecular complexity index is 290. The standard InChI is InChI=1S/C8H6I2S2/c9-8(10)3-5-12-7(8)6-2-1-4-11-6/h1-5,7H. The zero-order valence-corrected chi connectivity index (χ0v) is 12.0. The monoisotopic (exact) mass is 420 g/mol. The number of rotatable bonds is 1. The summed E-state index contributed by atoms with van der Waals surface area (Å²) in [6, 6.07) is 4.35. The molecule has 0 aromatic carbocycles. The van der Waals surface area contributed by atoms with Gasteiger partial charge in [0.25, 0.3) is 0 Å². The van der Waals surface area contributed by atoms with Crippen LogP contribution in [0.25, 0.3) is 0 Å². The fourth-order valence-corrected chi connectivity index (χ4v) is 5.94. The molecule has 0 radical (unpaired) electrons. The highest BCUT2D eigenvalue weighted by molar-refractivity contribution is 14.2. The van der Waals surface area contributed by atoms with E-state index in [2.05, 4.69) is 74.2 Å². The lowest BCUT2D eigenvalue weighted by Gasteiger charge is -2.19. The van der Waals surface area contributed by atoms with Gasteiger partial charge in [-0.3, -0.25) is 0 Å². The van der Waals surface area contributed by atoms with E-state index < -0.39 is 0 Å². The average molecular weight is 420 g/mol. The molecule has 0 saturated carbocycles. The van der Waals surface area contributed by atoms with E-state index in [-0.39, 0.29) is 1.43 Å². The Balaban J connectivity index is 2.28. The van der Waals surface area contributed by atoms with Crippen molar-refractivity contribution in [2.24, 2.45) is 0 Å². The summed E-state index contributed by atoms with van der Waals surface area (Å²) in [5.74, 6) is 0. The first-order valence-electron chi connectivity index (χ1n) is 3.44. The van der Waals surface area contributed by atoms with E-state index in [0.29, 0.717) is 5.25 Å². The predicted octanol–water partition coefficient (Wildman–Crippen LogP) is 4.62. The second-order valence-electron chi connectivity index (χ2n) is 2.51. The summed E-state index contributed by atoms with van der Waals surface area (Å²) >= 11 is 8.80. The van der Waals surface area contributed by atoms with Crippen molar-refractivity contribution in [1.82, 2.24) is 0 Å². The number of hydrogen-bond donors (Lipinski definition) is 0. The van der Waals surface area contributed by atoms with Gasteiger partial charge in [-0.05, 0) is 16.9 Å². The maximum absolute atomic E-state index is 2.51. The lowest BCUT2D eigenvalue weighted by Crippen LogP contribution is -2.11. The second-order valence-corrected chi connectivity index (χ2v) is 10.1. The Morgan fingerprint density at radius 1 is 1.42 bits per heavy atom. The van der Waals surface area contributed by atoms with Gasteiger partial charge in [0, 0.05) is 4.88 Å². The molecule has 4 heteroatoms. The molecule has 0 nitrogen and oxygen atoms in total. The number of allylic oxidation sites excluding steroid dienone is 1. The predicted molar refractivity (Wildman–Crippen MR) is 74.6 cm³/mol. The van der Waals surface area contributed by atoms with Gasteiger partial charge in [-0.2, -0.15) is 0 Å². The molecule has 0 fully saturated rings. The molecular formula is C8H6I2S2. The summed E-state index contributed by atoms with van der Waals surface area (Å²) in [5.41, 5.74) is 0. The molecule has 0 amide bonds. The Morgan fingerprint density at radius 3 is 2.75 bits per heavy atom. The summed E-state index contributed by atoms with van der Waals surface area (Å²) in [6.07, 6.45) is 2.28. The van der Waals surface area contributed by atoms with Gasteiger partial charge in [0.05, 0.1) is 5.25 Å². The molecule has 1 atom stereocenters. The van der Waals surface area contributed by atoms with Gasteiger partial charge in [0.15, 0.2) is 0 Å². The Kier molecular flexibility index (Phi) is 3.09. The molecular weight excluding hydrogens is 414 g/mol. The molecule has 2 rings (SSSR count). The van der Waals surface area contributed by atoms with Crippen molar-refractivity contribution in [2.45, 2.75) is 6.68 Å². The lowest BCUT2D eigenvalue weighted by molar-refractivity contribution is 1.04. The third-order valence-electron chi connectivity index (χ3n) is 1.66. The third-order valence-corrected chi connectivity index (χ3v) is 6.74. The van der Waals surface area contributed by atoms with Crippen molar-refractivity contribution in [3.05, 3.63) is 33.9 Å². The third kappa shape index (κ3) is 1.85. The quantitative estimate of drug-likeness (QED) is 0.473. The maximum Gasteiger partial charge on any atom is 0.109 e. The number of halogens is 2. The van der Waals surface area contributed by atoms with E-state index in [1.807, 2.05) is 23.1 Å². The molecule has 64 valence electrons. The molecule has 12 heavy (non-hydrogen) atoms. The van der Waals surface area contributed by atoms with E-state index in [9.17, 15) is 0 Å². The van der Waals surface area contributed by atoms with E-state index in [0.717, 1.165) is 0 Å². The van der Waals surface area contributed by atoms with Gasteiger partial charge in [-0.1, -0.05) is 57.3 Å². The molecule has 1 aliphatic rings. The van der Waals surface area contributed by atoms with E-state index >= 15 is 0 Å². The summed E-state index contributed by atoms with van der Waals surface area (Å²) in [4.78, 5) is 1.48. The van der Waals surface area contributed by atoms with Gasteiger partial charge in [-0.15, -0.1) is 23.1 Å². The molecule has 0 aliphatic carbocycles. The van der Waals surface area contributed by atoms with Crippen LogP contribution in [0.5, 0.6) is 0 Å². The van der Waals surface area contributed by atoms with Gasteiger partial charge < -0.3 is 0 Å². The summed E-state index contributed by atoms with van der Waals surface area (Å²) in [7, 11) is 0. The molecule has 1 aromatic rings. The van der Waals surface area contributed by atoms with Crippen LogP contribution in [0, 0.1) is 0 Å². The normalized spacial score (nSPS) is 26.3. The number of thioether (sulfide) groups is 1. The summed E-state index contributed by atoms with van der Waals surface area (Å²) < 4.78 is 0.269. The van der Waals surface area contributed by atoms with Gasteiger partial charge in [0.2, 0.25) is 0 Å². The first-order chi connectivity index (χ1) is 5.70. The number of alkyl halides is 2. The Morgan fingerprint density at radius 2 is 2.25 bits per heavy atom. The largest absolute Gasteiger partial charge is 0.148 e. The van der Waals surface area contributed by atoms with Crippen molar-refractivity contribution >= 4 is 68.3 Å². The molecule has 0 N–H and O–H groups in total.